The van der Waals surface area contributed by atoms with E-state index in [0.29, 0.717) is 6.04 Å². The standard InChI is InChI=1S/C15H18N2O/c18-15(17-11-5-2-1-3-6-11)13-7-4-8-14-12(13)9-10-16-14/h4,7-11,16H,1-3,5-6H2,(H,17,18). The Bertz CT molecular complexity index is 552. The van der Waals surface area contributed by atoms with Crippen molar-refractivity contribution in [2.75, 3.05) is 0 Å². The number of amides is 1. The van der Waals surface area contributed by atoms with Crippen LogP contribution in [0.5, 0.6) is 0 Å². The molecule has 3 rings (SSSR count). The van der Waals surface area contributed by atoms with Crippen molar-refractivity contribution in [3.8, 4) is 0 Å². The van der Waals surface area contributed by atoms with Gasteiger partial charge in [0.2, 0.25) is 0 Å². The number of nitrogens with one attached hydrogen (secondary N) is 2. The minimum Gasteiger partial charge on any atom is -0.361 e. The molecular formula is C15H18N2O. The highest BCUT2D eigenvalue weighted by molar-refractivity contribution is 6.06. The Kier molecular flexibility index (Phi) is 3.05. The summed E-state index contributed by atoms with van der Waals surface area (Å²) in [5.74, 6) is 0.0621. The first-order valence-electron chi connectivity index (χ1n) is 6.71. The lowest BCUT2D eigenvalue weighted by Gasteiger charge is -2.22. The molecule has 18 heavy (non-hydrogen) atoms. The second-order valence-corrected chi connectivity index (χ2v) is 5.05. The third-order valence-electron chi connectivity index (χ3n) is 3.78. The summed E-state index contributed by atoms with van der Waals surface area (Å²) < 4.78 is 0. The fourth-order valence-corrected chi connectivity index (χ4v) is 2.79. The summed E-state index contributed by atoms with van der Waals surface area (Å²) >= 11 is 0. The van der Waals surface area contributed by atoms with Crippen molar-refractivity contribution < 1.29 is 4.79 Å². The Morgan fingerprint density at radius 1 is 1.17 bits per heavy atom. The van der Waals surface area contributed by atoms with Gasteiger partial charge in [0.05, 0.1) is 0 Å². The lowest BCUT2D eigenvalue weighted by atomic mass is 9.95. The summed E-state index contributed by atoms with van der Waals surface area (Å²) in [5, 5.41) is 4.17. The molecule has 1 heterocycles. The molecule has 0 spiro atoms. The molecule has 2 N–H and O–H groups in total. The molecule has 1 aliphatic carbocycles. The largest absolute Gasteiger partial charge is 0.361 e. The zero-order valence-corrected chi connectivity index (χ0v) is 10.4. The first kappa shape index (κ1) is 11.3. The van der Waals surface area contributed by atoms with Gasteiger partial charge in [0.15, 0.2) is 0 Å². The van der Waals surface area contributed by atoms with Crippen LogP contribution in [0, 0.1) is 0 Å². The molecule has 1 aliphatic rings. The third kappa shape index (κ3) is 2.13. The molecule has 0 aliphatic heterocycles. The average Bonchev–Trinajstić information content (AvgIpc) is 2.87. The van der Waals surface area contributed by atoms with E-state index in [4.69, 9.17) is 0 Å². The topological polar surface area (TPSA) is 44.9 Å². The lowest BCUT2D eigenvalue weighted by Crippen LogP contribution is -2.36. The summed E-state index contributed by atoms with van der Waals surface area (Å²) in [6, 6.07) is 8.14. The Hall–Kier alpha value is -1.77. The van der Waals surface area contributed by atoms with Crippen molar-refractivity contribution in [1.29, 1.82) is 0 Å². The number of benzene rings is 1. The van der Waals surface area contributed by atoms with Crippen LogP contribution >= 0.6 is 0 Å². The maximum atomic E-state index is 12.3. The van der Waals surface area contributed by atoms with Crippen molar-refractivity contribution in [3.05, 3.63) is 36.0 Å². The molecule has 1 saturated carbocycles. The minimum absolute atomic E-state index is 0.0621. The summed E-state index contributed by atoms with van der Waals surface area (Å²) in [6.45, 7) is 0. The normalized spacial score (nSPS) is 16.9. The Labute approximate surface area is 107 Å². The van der Waals surface area contributed by atoms with Gasteiger partial charge in [-0.3, -0.25) is 4.79 Å². The molecule has 1 amide bonds. The van der Waals surface area contributed by atoms with Gasteiger partial charge in [0.25, 0.3) is 5.91 Å². The van der Waals surface area contributed by atoms with Gasteiger partial charge in [-0.2, -0.15) is 0 Å². The molecule has 1 aromatic carbocycles. The van der Waals surface area contributed by atoms with Gasteiger partial charge in [-0.15, -0.1) is 0 Å². The molecular weight excluding hydrogens is 224 g/mol. The number of carbonyl (C=O) groups is 1. The van der Waals surface area contributed by atoms with E-state index in [1.165, 1.54) is 19.3 Å². The van der Waals surface area contributed by atoms with E-state index in [0.717, 1.165) is 29.3 Å². The molecule has 3 nitrogen and oxygen atoms in total. The van der Waals surface area contributed by atoms with E-state index < -0.39 is 0 Å². The van der Waals surface area contributed by atoms with E-state index in [-0.39, 0.29) is 5.91 Å². The number of aromatic nitrogens is 1. The summed E-state index contributed by atoms with van der Waals surface area (Å²) in [6.07, 6.45) is 7.89. The number of hydrogen-bond donors (Lipinski definition) is 2. The quantitative estimate of drug-likeness (QED) is 0.834. The molecule has 0 radical (unpaired) electrons. The number of aromatic amines is 1. The van der Waals surface area contributed by atoms with Crippen LogP contribution in [-0.2, 0) is 0 Å². The van der Waals surface area contributed by atoms with Crippen molar-refractivity contribution >= 4 is 16.8 Å². The maximum Gasteiger partial charge on any atom is 0.252 e. The Morgan fingerprint density at radius 3 is 2.83 bits per heavy atom. The van der Waals surface area contributed by atoms with Crippen LogP contribution in [0.25, 0.3) is 10.9 Å². The van der Waals surface area contributed by atoms with Gasteiger partial charge in [-0.25, -0.2) is 0 Å². The predicted molar refractivity (Wildman–Crippen MR) is 72.6 cm³/mol. The molecule has 1 fully saturated rings. The van der Waals surface area contributed by atoms with Crippen LogP contribution in [0.2, 0.25) is 0 Å². The first-order valence-corrected chi connectivity index (χ1v) is 6.71. The highest BCUT2D eigenvalue weighted by Crippen LogP contribution is 2.20. The monoisotopic (exact) mass is 242 g/mol. The molecule has 0 atom stereocenters. The van der Waals surface area contributed by atoms with Crippen molar-refractivity contribution in [2.24, 2.45) is 0 Å². The third-order valence-corrected chi connectivity index (χ3v) is 3.78. The van der Waals surface area contributed by atoms with Crippen molar-refractivity contribution in [1.82, 2.24) is 10.3 Å². The van der Waals surface area contributed by atoms with Gasteiger partial charge in [0, 0.05) is 28.7 Å². The summed E-state index contributed by atoms with van der Waals surface area (Å²) in [4.78, 5) is 15.4. The fourth-order valence-electron chi connectivity index (χ4n) is 2.79. The van der Waals surface area contributed by atoms with Gasteiger partial charge in [0.1, 0.15) is 0 Å². The molecule has 0 saturated heterocycles. The highest BCUT2D eigenvalue weighted by Gasteiger charge is 2.17. The molecule has 2 aromatic rings. The first-order chi connectivity index (χ1) is 8.84. The van der Waals surface area contributed by atoms with Gasteiger partial charge in [-0.1, -0.05) is 25.3 Å². The van der Waals surface area contributed by atoms with Crippen LogP contribution in [0.15, 0.2) is 30.5 Å². The molecule has 94 valence electrons. The smallest absolute Gasteiger partial charge is 0.252 e. The number of H-pyrrole nitrogens is 1. The maximum absolute atomic E-state index is 12.3. The van der Waals surface area contributed by atoms with E-state index in [1.807, 2.05) is 30.5 Å². The highest BCUT2D eigenvalue weighted by atomic mass is 16.1. The predicted octanol–water partition coefficient (Wildman–Crippen LogP) is 3.23. The SMILES string of the molecule is O=C(NC1CCCCC1)c1cccc2[nH]ccc12. The van der Waals surface area contributed by atoms with Gasteiger partial charge in [-0.05, 0) is 31.0 Å². The summed E-state index contributed by atoms with van der Waals surface area (Å²) in [7, 11) is 0. The molecule has 0 bridgehead atoms. The van der Waals surface area contributed by atoms with Crippen LogP contribution in [0.4, 0.5) is 0 Å². The second kappa shape index (κ2) is 4.84. The van der Waals surface area contributed by atoms with Gasteiger partial charge >= 0.3 is 0 Å². The van der Waals surface area contributed by atoms with Crippen LogP contribution < -0.4 is 5.32 Å². The Balaban J connectivity index is 1.81. The van der Waals surface area contributed by atoms with E-state index in [1.54, 1.807) is 0 Å². The number of carbonyl (C=O) groups excluding carboxylic acids is 1. The summed E-state index contributed by atoms with van der Waals surface area (Å²) in [5.41, 5.74) is 1.80. The number of hydrogen-bond acceptors (Lipinski definition) is 1. The average molecular weight is 242 g/mol. The van der Waals surface area contributed by atoms with E-state index >= 15 is 0 Å². The number of rotatable bonds is 2. The van der Waals surface area contributed by atoms with Crippen LogP contribution in [0.1, 0.15) is 42.5 Å². The van der Waals surface area contributed by atoms with Crippen molar-refractivity contribution in [3.63, 3.8) is 0 Å². The molecule has 0 unspecified atom stereocenters. The lowest BCUT2D eigenvalue weighted by molar-refractivity contribution is 0.0929. The zero-order chi connectivity index (χ0) is 12.4. The number of fused-ring (bicyclic) bond motifs is 1. The van der Waals surface area contributed by atoms with Crippen LogP contribution in [0.3, 0.4) is 0 Å². The van der Waals surface area contributed by atoms with Crippen LogP contribution in [-0.4, -0.2) is 16.9 Å². The van der Waals surface area contributed by atoms with Crippen molar-refractivity contribution in [2.45, 2.75) is 38.1 Å². The zero-order valence-electron chi connectivity index (χ0n) is 10.4. The fraction of sp³-hybridized carbons (Fsp3) is 0.400. The second-order valence-electron chi connectivity index (χ2n) is 5.05. The van der Waals surface area contributed by atoms with E-state index in [2.05, 4.69) is 10.3 Å². The minimum atomic E-state index is 0.0621. The molecule has 3 heteroatoms. The van der Waals surface area contributed by atoms with Gasteiger partial charge < -0.3 is 10.3 Å². The Morgan fingerprint density at radius 2 is 2.00 bits per heavy atom. The molecule has 1 aromatic heterocycles. The van der Waals surface area contributed by atoms with E-state index in [9.17, 15) is 4.79 Å².